The van der Waals surface area contributed by atoms with Gasteiger partial charge in [-0.1, -0.05) is 0 Å². The molecule has 1 aliphatic carbocycles. The predicted octanol–water partition coefficient (Wildman–Crippen LogP) is 1.02. The zero-order valence-electron chi connectivity index (χ0n) is 13.0. The molecule has 1 saturated carbocycles. The number of carboxylic acid groups (broad SMARTS) is 1. The molecule has 6 nitrogen and oxygen atoms in total. The van der Waals surface area contributed by atoms with Crippen molar-refractivity contribution >= 4 is 23.8 Å². The van der Waals surface area contributed by atoms with Crippen LogP contribution in [-0.2, 0) is 4.79 Å². The Bertz CT molecular complexity index is 412. The maximum Gasteiger partial charge on any atom is 0.327 e. The van der Waals surface area contributed by atoms with Crippen molar-refractivity contribution < 1.29 is 14.7 Å². The van der Waals surface area contributed by atoms with Gasteiger partial charge in [-0.25, -0.2) is 9.59 Å². The molecule has 0 aromatic rings. The van der Waals surface area contributed by atoms with Crippen LogP contribution in [0.25, 0.3) is 0 Å². The molecule has 2 fully saturated rings. The third-order valence-electron chi connectivity index (χ3n) is 4.75. The van der Waals surface area contributed by atoms with Gasteiger partial charge in [-0.3, -0.25) is 0 Å². The topological polar surface area (TPSA) is 64.1 Å². The van der Waals surface area contributed by atoms with Crippen LogP contribution in [0.5, 0.6) is 0 Å². The quantitative estimate of drug-likeness (QED) is 0.839. The van der Waals surface area contributed by atoms with E-state index in [1.807, 2.05) is 0 Å². The summed E-state index contributed by atoms with van der Waals surface area (Å²) in [5.74, 6) is 0.380. The Morgan fingerprint density at radius 3 is 2.48 bits per heavy atom. The monoisotopic (exact) mass is 315 g/mol. The van der Waals surface area contributed by atoms with Gasteiger partial charge in [-0.05, 0) is 33.4 Å². The third kappa shape index (κ3) is 3.29. The van der Waals surface area contributed by atoms with E-state index in [2.05, 4.69) is 19.0 Å². The van der Waals surface area contributed by atoms with Gasteiger partial charge in [-0.15, -0.1) is 0 Å². The molecule has 1 N–H and O–H groups in total. The standard InChI is InChI=1S/C14H25N3O3S/c1-15(2)14(5-4-6-14)10-16(3)13(20)17-7-8-21-9-11(17)12(18)19/h11H,4-10H2,1-3H3,(H,18,19). The SMILES string of the molecule is CN(CC1(N(C)C)CCC1)C(=O)N1CCSCC1C(=O)O. The maximum absolute atomic E-state index is 12.6. The van der Waals surface area contributed by atoms with E-state index < -0.39 is 12.0 Å². The largest absolute Gasteiger partial charge is 0.480 e. The van der Waals surface area contributed by atoms with Crippen molar-refractivity contribution in [1.82, 2.24) is 14.7 Å². The summed E-state index contributed by atoms with van der Waals surface area (Å²) in [5.41, 5.74) is 0.0632. The van der Waals surface area contributed by atoms with Crippen LogP contribution in [-0.4, -0.2) is 89.1 Å². The lowest BCUT2D eigenvalue weighted by molar-refractivity contribution is -0.141. The fourth-order valence-corrected chi connectivity index (χ4v) is 4.14. The number of hydrogen-bond donors (Lipinski definition) is 1. The minimum atomic E-state index is -0.907. The third-order valence-corrected chi connectivity index (χ3v) is 5.77. The Labute approximate surface area is 130 Å². The van der Waals surface area contributed by atoms with E-state index in [1.54, 1.807) is 23.7 Å². The van der Waals surface area contributed by atoms with Crippen LogP contribution < -0.4 is 0 Å². The van der Waals surface area contributed by atoms with Crippen LogP contribution in [0.4, 0.5) is 4.79 Å². The van der Waals surface area contributed by atoms with E-state index in [-0.39, 0.29) is 11.6 Å². The number of nitrogens with zero attached hydrogens (tertiary/aromatic N) is 3. The number of likely N-dealkylation sites (N-methyl/N-ethyl adjacent to an activating group) is 2. The van der Waals surface area contributed by atoms with Gasteiger partial charge in [0.25, 0.3) is 0 Å². The minimum Gasteiger partial charge on any atom is -0.480 e. The molecule has 0 spiro atoms. The van der Waals surface area contributed by atoms with Crippen LogP contribution in [0.15, 0.2) is 0 Å². The smallest absolute Gasteiger partial charge is 0.327 e. The summed E-state index contributed by atoms with van der Waals surface area (Å²) in [4.78, 5) is 29.3. The second kappa shape index (κ2) is 6.44. The van der Waals surface area contributed by atoms with Crippen LogP contribution in [0.1, 0.15) is 19.3 Å². The van der Waals surface area contributed by atoms with Crippen molar-refractivity contribution in [3.63, 3.8) is 0 Å². The highest BCUT2D eigenvalue weighted by Gasteiger charge is 2.42. The molecule has 1 aliphatic heterocycles. The molecule has 2 aliphatic rings. The molecule has 1 heterocycles. The second-order valence-corrected chi connectivity index (χ2v) is 7.38. The summed E-state index contributed by atoms with van der Waals surface area (Å²) >= 11 is 1.60. The van der Waals surface area contributed by atoms with Crippen LogP contribution in [0.3, 0.4) is 0 Å². The lowest BCUT2D eigenvalue weighted by Crippen LogP contribution is -2.61. The molecule has 120 valence electrons. The van der Waals surface area contributed by atoms with Gasteiger partial charge in [0.15, 0.2) is 0 Å². The Kier molecular flexibility index (Phi) is 5.03. The molecule has 21 heavy (non-hydrogen) atoms. The molecular weight excluding hydrogens is 290 g/mol. The number of carbonyl (C=O) groups is 2. The van der Waals surface area contributed by atoms with E-state index in [0.717, 1.165) is 18.6 Å². The number of carbonyl (C=O) groups excluding carboxylic acids is 1. The van der Waals surface area contributed by atoms with Gasteiger partial charge in [-0.2, -0.15) is 11.8 Å². The first-order valence-corrected chi connectivity index (χ1v) is 8.52. The number of thioether (sulfide) groups is 1. The Balaban J connectivity index is 2.02. The van der Waals surface area contributed by atoms with Crippen LogP contribution >= 0.6 is 11.8 Å². The minimum absolute atomic E-state index is 0.0632. The van der Waals surface area contributed by atoms with Crippen LogP contribution in [0, 0.1) is 0 Å². The van der Waals surface area contributed by atoms with Gasteiger partial charge >= 0.3 is 12.0 Å². The highest BCUT2D eigenvalue weighted by molar-refractivity contribution is 7.99. The first-order valence-electron chi connectivity index (χ1n) is 7.37. The van der Waals surface area contributed by atoms with Gasteiger partial charge in [0.1, 0.15) is 6.04 Å². The molecule has 0 bridgehead atoms. The summed E-state index contributed by atoms with van der Waals surface area (Å²) in [5, 5.41) is 9.28. The molecule has 7 heteroatoms. The highest BCUT2D eigenvalue weighted by atomic mass is 32.2. The van der Waals surface area contributed by atoms with E-state index >= 15 is 0 Å². The summed E-state index contributed by atoms with van der Waals surface area (Å²) in [6.07, 6.45) is 3.38. The van der Waals surface area contributed by atoms with E-state index in [4.69, 9.17) is 0 Å². The van der Waals surface area contributed by atoms with Crippen molar-refractivity contribution in [2.24, 2.45) is 0 Å². The van der Waals surface area contributed by atoms with Crippen LogP contribution in [0.2, 0.25) is 0 Å². The lowest BCUT2D eigenvalue weighted by atomic mass is 9.75. The molecule has 0 aromatic carbocycles. The average molecular weight is 315 g/mol. The Morgan fingerprint density at radius 2 is 2.00 bits per heavy atom. The fourth-order valence-electron chi connectivity index (χ4n) is 3.10. The number of carboxylic acids is 1. The summed E-state index contributed by atoms with van der Waals surface area (Å²) in [6.45, 7) is 1.18. The lowest BCUT2D eigenvalue weighted by Gasteiger charge is -2.49. The normalized spacial score (nSPS) is 24.6. The molecule has 2 rings (SSSR count). The van der Waals surface area contributed by atoms with Gasteiger partial charge < -0.3 is 19.8 Å². The van der Waals surface area contributed by atoms with Crippen molar-refractivity contribution in [3.05, 3.63) is 0 Å². The highest BCUT2D eigenvalue weighted by Crippen LogP contribution is 2.36. The Hall–Kier alpha value is -0.950. The predicted molar refractivity (Wildman–Crippen MR) is 83.7 cm³/mol. The van der Waals surface area contributed by atoms with Gasteiger partial charge in [0, 0.05) is 37.2 Å². The molecule has 1 saturated heterocycles. The molecular formula is C14H25N3O3S. The number of aliphatic carboxylic acids is 1. The average Bonchev–Trinajstić information content (AvgIpc) is 2.41. The summed E-state index contributed by atoms with van der Waals surface area (Å²) in [6, 6.07) is -0.855. The molecule has 2 amide bonds. The zero-order chi connectivity index (χ0) is 15.6. The summed E-state index contributed by atoms with van der Waals surface area (Å²) < 4.78 is 0. The van der Waals surface area contributed by atoms with E-state index in [1.165, 1.54) is 11.3 Å². The maximum atomic E-state index is 12.6. The number of hydrogen-bond acceptors (Lipinski definition) is 4. The number of amides is 2. The Morgan fingerprint density at radius 1 is 1.33 bits per heavy atom. The molecule has 1 atom stereocenters. The van der Waals surface area contributed by atoms with E-state index in [0.29, 0.717) is 18.8 Å². The van der Waals surface area contributed by atoms with Crippen molar-refractivity contribution in [2.45, 2.75) is 30.8 Å². The zero-order valence-corrected chi connectivity index (χ0v) is 13.9. The molecule has 1 unspecified atom stereocenters. The van der Waals surface area contributed by atoms with Gasteiger partial charge in [0.05, 0.1) is 0 Å². The fraction of sp³-hybridized carbons (Fsp3) is 0.857. The van der Waals surface area contributed by atoms with Crippen molar-refractivity contribution in [2.75, 3.05) is 45.7 Å². The van der Waals surface area contributed by atoms with Gasteiger partial charge in [0.2, 0.25) is 0 Å². The first-order chi connectivity index (χ1) is 9.87. The summed E-state index contributed by atoms with van der Waals surface area (Å²) in [7, 11) is 5.89. The first kappa shape index (κ1) is 16.4. The molecule has 0 aromatic heterocycles. The molecule has 0 radical (unpaired) electrons. The van der Waals surface area contributed by atoms with E-state index in [9.17, 15) is 14.7 Å². The number of rotatable bonds is 4. The second-order valence-electron chi connectivity index (χ2n) is 6.23. The van der Waals surface area contributed by atoms with Crippen molar-refractivity contribution in [1.29, 1.82) is 0 Å². The van der Waals surface area contributed by atoms with Crippen molar-refractivity contribution in [3.8, 4) is 0 Å². The number of urea groups is 1.